The molecular formula is C18H21ClN2O4S. The summed E-state index contributed by atoms with van der Waals surface area (Å²) in [5.41, 5.74) is 1.75. The van der Waals surface area contributed by atoms with Crippen molar-refractivity contribution < 1.29 is 17.9 Å². The normalized spacial score (nSPS) is 12.5. The minimum absolute atomic E-state index is 0.0461. The van der Waals surface area contributed by atoms with E-state index in [9.17, 15) is 13.2 Å². The number of hydrogen-bond donors (Lipinski definition) is 2. The second kappa shape index (κ2) is 8.53. The third-order valence-corrected chi connectivity index (χ3v) is 5.62. The van der Waals surface area contributed by atoms with Gasteiger partial charge in [-0.1, -0.05) is 30.7 Å². The van der Waals surface area contributed by atoms with Crippen LogP contribution in [0, 0.1) is 0 Å². The van der Waals surface area contributed by atoms with Gasteiger partial charge in [-0.25, -0.2) is 8.42 Å². The van der Waals surface area contributed by atoms with E-state index in [0.717, 1.165) is 12.0 Å². The quantitative estimate of drug-likeness (QED) is 0.752. The molecular weight excluding hydrogens is 376 g/mol. The highest BCUT2D eigenvalue weighted by Crippen LogP contribution is 2.26. The first-order valence-electron chi connectivity index (χ1n) is 8.02. The predicted molar refractivity (Wildman–Crippen MR) is 102 cm³/mol. The van der Waals surface area contributed by atoms with Gasteiger partial charge < -0.3 is 10.1 Å². The maximum Gasteiger partial charge on any atom is 0.242 e. The molecule has 2 aromatic carbocycles. The van der Waals surface area contributed by atoms with Gasteiger partial charge in [0.1, 0.15) is 5.75 Å². The fraction of sp³-hybridized carbons (Fsp3) is 0.278. The first-order chi connectivity index (χ1) is 12.3. The summed E-state index contributed by atoms with van der Waals surface area (Å²) in [7, 11) is -2.47. The summed E-state index contributed by atoms with van der Waals surface area (Å²) in [6, 6.07) is 10.5. The highest BCUT2D eigenvalue weighted by Gasteiger charge is 2.23. The summed E-state index contributed by atoms with van der Waals surface area (Å²) in [4.78, 5) is 12.2. The summed E-state index contributed by atoms with van der Waals surface area (Å²) in [5.74, 6) is -0.0932. The van der Waals surface area contributed by atoms with Crippen molar-refractivity contribution in [3.05, 3.63) is 53.1 Å². The molecule has 0 aliphatic heterocycles. The molecule has 0 fully saturated rings. The van der Waals surface area contributed by atoms with E-state index in [1.165, 1.54) is 32.2 Å². The van der Waals surface area contributed by atoms with Crippen LogP contribution in [0.5, 0.6) is 5.75 Å². The molecule has 140 valence electrons. The van der Waals surface area contributed by atoms with Crippen LogP contribution in [0.4, 0.5) is 5.69 Å². The molecule has 0 bridgehead atoms. The van der Waals surface area contributed by atoms with E-state index in [2.05, 4.69) is 10.0 Å². The fourth-order valence-electron chi connectivity index (χ4n) is 2.24. The van der Waals surface area contributed by atoms with Crippen LogP contribution in [0.1, 0.15) is 19.4 Å². The minimum Gasteiger partial charge on any atom is -0.495 e. The Morgan fingerprint density at radius 2 is 1.85 bits per heavy atom. The summed E-state index contributed by atoms with van der Waals surface area (Å²) >= 11 is 5.97. The number of carbonyl (C=O) groups excluding carboxylic acids is 1. The van der Waals surface area contributed by atoms with Crippen LogP contribution < -0.4 is 14.8 Å². The molecule has 2 N–H and O–H groups in total. The molecule has 1 atom stereocenters. The Balaban J connectivity index is 2.07. The fourth-order valence-corrected chi connectivity index (χ4v) is 3.79. The van der Waals surface area contributed by atoms with Gasteiger partial charge in [0.25, 0.3) is 0 Å². The van der Waals surface area contributed by atoms with Crippen LogP contribution >= 0.6 is 11.6 Å². The van der Waals surface area contributed by atoms with Crippen LogP contribution in [0.15, 0.2) is 47.4 Å². The molecule has 1 amide bonds. The molecule has 6 nitrogen and oxygen atoms in total. The SMILES string of the molecule is CCc1ccc(NC(=O)[C@@H](C)NS(=O)(=O)c2ccc(OC)c(Cl)c2)cc1. The number of hydrogen-bond acceptors (Lipinski definition) is 4. The van der Waals surface area contributed by atoms with Crippen molar-refractivity contribution in [1.29, 1.82) is 0 Å². The predicted octanol–water partition coefficient (Wildman–Crippen LogP) is 3.22. The lowest BCUT2D eigenvalue weighted by molar-refractivity contribution is -0.117. The van der Waals surface area contributed by atoms with Gasteiger partial charge in [0.2, 0.25) is 15.9 Å². The average Bonchev–Trinajstić information content (AvgIpc) is 2.61. The molecule has 0 saturated heterocycles. The average molecular weight is 397 g/mol. The van der Waals surface area contributed by atoms with Crippen molar-refractivity contribution in [2.45, 2.75) is 31.2 Å². The molecule has 8 heteroatoms. The van der Waals surface area contributed by atoms with E-state index in [1.54, 1.807) is 12.1 Å². The van der Waals surface area contributed by atoms with E-state index in [0.29, 0.717) is 11.4 Å². The number of nitrogens with one attached hydrogen (secondary N) is 2. The Morgan fingerprint density at radius 3 is 2.38 bits per heavy atom. The van der Waals surface area contributed by atoms with Crippen LogP contribution in [0.25, 0.3) is 0 Å². The third-order valence-electron chi connectivity index (χ3n) is 3.79. The van der Waals surface area contributed by atoms with Gasteiger partial charge in [-0.15, -0.1) is 0 Å². The first kappa shape index (κ1) is 20.2. The zero-order chi connectivity index (χ0) is 19.3. The van der Waals surface area contributed by atoms with Crippen LogP contribution in [-0.2, 0) is 21.2 Å². The van der Waals surface area contributed by atoms with E-state index >= 15 is 0 Å². The molecule has 0 saturated carbocycles. The zero-order valence-corrected chi connectivity index (χ0v) is 16.3. The van der Waals surface area contributed by atoms with Gasteiger partial charge >= 0.3 is 0 Å². The topological polar surface area (TPSA) is 84.5 Å². The monoisotopic (exact) mass is 396 g/mol. The molecule has 0 spiro atoms. The third kappa shape index (κ3) is 4.97. The molecule has 0 aromatic heterocycles. The highest BCUT2D eigenvalue weighted by atomic mass is 35.5. The maximum atomic E-state index is 12.4. The number of halogens is 1. The van der Waals surface area contributed by atoms with Crippen molar-refractivity contribution in [2.75, 3.05) is 12.4 Å². The number of sulfonamides is 1. The Hall–Kier alpha value is -2.09. The number of amides is 1. The highest BCUT2D eigenvalue weighted by molar-refractivity contribution is 7.89. The lowest BCUT2D eigenvalue weighted by Crippen LogP contribution is -2.41. The number of aryl methyl sites for hydroxylation is 1. The lowest BCUT2D eigenvalue weighted by Gasteiger charge is -2.15. The number of rotatable bonds is 7. The van der Waals surface area contributed by atoms with E-state index in [4.69, 9.17) is 16.3 Å². The van der Waals surface area contributed by atoms with Crippen LogP contribution in [-0.4, -0.2) is 27.5 Å². The molecule has 0 radical (unpaired) electrons. The Bertz CT molecular complexity index is 883. The number of ether oxygens (including phenoxy) is 1. The minimum atomic E-state index is -3.91. The van der Waals surface area contributed by atoms with Gasteiger partial charge in [0.15, 0.2) is 0 Å². The first-order valence-corrected chi connectivity index (χ1v) is 9.88. The van der Waals surface area contributed by atoms with Gasteiger partial charge in [0.05, 0.1) is 23.1 Å². The Morgan fingerprint density at radius 1 is 1.19 bits per heavy atom. The second-order valence-electron chi connectivity index (χ2n) is 5.68. The Kier molecular flexibility index (Phi) is 6.63. The molecule has 2 aromatic rings. The number of methoxy groups -OCH3 is 1. The number of anilines is 1. The summed E-state index contributed by atoms with van der Waals surface area (Å²) in [5, 5.41) is 2.85. The number of carbonyl (C=O) groups is 1. The molecule has 0 unspecified atom stereocenters. The standard InChI is InChI=1S/C18H21ClN2O4S/c1-4-13-5-7-14(8-6-13)20-18(22)12(2)21-26(23,24)15-9-10-17(25-3)16(19)11-15/h5-12,21H,4H2,1-3H3,(H,20,22)/t12-/m1/s1. The summed E-state index contributed by atoms with van der Waals surface area (Å²) < 4.78 is 32.2. The molecule has 0 heterocycles. The van der Waals surface area contributed by atoms with Crippen molar-refractivity contribution in [1.82, 2.24) is 4.72 Å². The smallest absolute Gasteiger partial charge is 0.242 e. The van der Waals surface area contributed by atoms with E-state index in [-0.39, 0.29) is 9.92 Å². The van der Waals surface area contributed by atoms with Gasteiger partial charge in [-0.3, -0.25) is 4.79 Å². The largest absolute Gasteiger partial charge is 0.495 e. The van der Waals surface area contributed by atoms with Gasteiger partial charge in [-0.2, -0.15) is 4.72 Å². The second-order valence-corrected chi connectivity index (χ2v) is 7.80. The van der Waals surface area contributed by atoms with Crippen molar-refractivity contribution in [3.8, 4) is 5.75 Å². The van der Waals surface area contributed by atoms with Crippen LogP contribution in [0.3, 0.4) is 0 Å². The van der Waals surface area contributed by atoms with Gasteiger partial charge in [0, 0.05) is 5.69 Å². The molecule has 2 rings (SSSR count). The van der Waals surface area contributed by atoms with Crippen molar-refractivity contribution >= 4 is 33.2 Å². The molecule has 0 aliphatic carbocycles. The Labute approximate surface area is 158 Å². The van der Waals surface area contributed by atoms with Gasteiger partial charge in [-0.05, 0) is 49.2 Å². The van der Waals surface area contributed by atoms with E-state index < -0.39 is 22.0 Å². The summed E-state index contributed by atoms with van der Waals surface area (Å²) in [6.07, 6.45) is 0.898. The maximum absolute atomic E-state index is 12.4. The zero-order valence-electron chi connectivity index (χ0n) is 14.7. The molecule has 26 heavy (non-hydrogen) atoms. The molecule has 0 aliphatic rings. The van der Waals surface area contributed by atoms with E-state index in [1.807, 2.05) is 19.1 Å². The summed E-state index contributed by atoms with van der Waals surface area (Å²) in [6.45, 7) is 3.51. The van der Waals surface area contributed by atoms with Crippen molar-refractivity contribution in [3.63, 3.8) is 0 Å². The van der Waals surface area contributed by atoms with Crippen molar-refractivity contribution in [2.24, 2.45) is 0 Å². The number of benzene rings is 2. The van der Waals surface area contributed by atoms with Crippen LogP contribution in [0.2, 0.25) is 5.02 Å². The lowest BCUT2D eigenvalue weighted by atomic mass is 10.1.